The zero-order valence-electron chi connectivity index (χ0n) is 11.6. The first-order chi connectivity index (χ1) is 9.67. The molecule has 0 fully saturated rings. The van der Waals surface area contributed by atoms with Gasteiger partial charge in [0.25, 0.3) is 5.91 Å². The second-order valence-electron chi connectivity index (χ2n) is 4.53. The maximum Gasteiger partial charge on any atom is 0.258 e. The summed E-state index contributed by atoms with van der Waals surface area (Å²) in [7, 11) is 0. The Balaban J connectivity index is 2.34. The predicted molar refractivity (Wildman–Crippen MR) is 79.7 cm³/mol. The van der Waals surface area contributed by atoms with Gasteiger partial charge in [-0.15, -0.1) is 0 Å². The zero-order chi connectivity index (χ0) is 14.5. The Kier molecular flexibility index (Phi) is 4.17. The van der Waals surface area contributed by atoms with Crippen molar-refractivity contribution in [1.82, 2.24) is 0 Å². The third-order valence-electron chi connectivity index (χ3n) is 3.23. The molecular weight excluding hydrogens is 248 g/mol. The minimum absolute atomic E-state index is 0.0497. The van der Waals surface area contributed by atoms with Gasteiger partial charge in [0.15, 0.2) is 0 Å². The van der Waals surface area contributed by atoms with Gasteiger partial charge in [0, 0.05) is 17.8 Å². The number of carbonyl (C=O) groups excluding carboxylic acids is 1. The molecule has 0 aliphatic rings. The average Bonchev–Trinajstić information content (AvgIpc) is 2.50. The summed E-state index contributed by atoms with van der Waals surface area (Å²) < 4.78 is 0. The Hall–Kier alpha value is -2.60. The number of nitriles is 1. The van der Waals surface area contributed by atoms with Crippen molar-refractivity contribution < 1.29 is 4.79 Å². The van der Waals surface area contributed by atoms with Crippen LogP contribution < -0.4 is 4.90 Å². The number of rotatable bonds is 3. The Morgan fingerprint density at radius 3 is 2.35 bits per heavy atom. The van der Waals surface area contributed by atoms with E-state index in [0.29, 0.717) is 17.7 Å². The number of aryl methyl sites for hydroxylation is 1. The van der Waals surface area contributed by atoms with Gasteiger partial charge in [-0.25, -0.2) is 0 Å². The summed E-state index contributed by atoms with van der Waals surface area (Å²) in [4.78, 5) is 14.3. The molecule has 3 heteroatoms. The van der Waals surface area contributed by atoms with Crippen LogP contribution in [-0.4, -0.2) is 12.5 Å². The molecule has 0 aromatic heterocycles. The molecule has 0 atom stereocenters. The Morgan fingerprint density at radius 1 is 1.15 bits per heavy atom. The molecule has 1 amide bonds. The van der Waals surface area contributed by atoms with Gasteiger partial charge in [0.1, 0.15) is 0 Å². The second kappa shape index (κ2) is 6.03. The van der Waals surface area contributed by atoms with Crippen LogP contribution in [0.3, 0.4) is 0 Å². The van der Waals surface area contributed by atoms with Gasteiger partial charge >= 0.3 is 0 Å². The lowest BCUT2D eigenvalue weighted by atomic mass is 10.1. The summed E-state index contributed by atoms with van der Waals surface area (Å²) >= 11 is 0. The minimum Gasteiger partial charge on any atom is -0.308 e. The van der Waals surface area contributed by atoms with Gasteiger partial charge in [0.05, 0.1) is 11.6 Å². The van der Waals surface area contributed by atoms with E-state index in [1.165, 1.54) is 0 Å². The van der Waals surface area contributed by atoms with Crippen molar-refractivity contribution >= 4 is 11.6 Å². The fraction of sp³-hybridized carbons (Fsp3) is 0.176. The van der Waals surface area contributed by atoms with Crippen LogP contribution in [0.15, 0.2) is 48.5 Å². The standard InChI is InChI=1S/C17H16N2O/c1-3-19(16-7-5-4-6-13(16)2)17(20)15-10-8-14(12-18)9-11-15/h4-11H,3H2,1-2H3. The van der Waals surface area contributed by atoms with Crippen molar-refractivity contribution in [3.8, 4) is 6.07 Å². The minimum atomic E-state index is -0.0497. The molecular formula is C17H16N2O. The first-order valence-electron chi connectivity index (χ1n) is 6.55. The third kappa shape index (κ3) is 2.70. The normalized spacial score (nSPS) is 9.85. The summed E-state index contributed by atoms with van der Waals surface area (Å²) in [6.45, 7) is 4.54. The highest BCUT2D eigenvalue weighted by Gasteiger charge is 2.17. The maximum absolute atomic E-state index is 12.6. The van der Waals surface area contributed by atoms with Crippen molar-refractivity contribution in [1.29, 1.82) is 5.26 Å². The zero-order valence-corrected chi connectivity index (χ0v) is 11.6. The van der Waals surface area contributed by atoms with Crippen LogP contribution in [-0.2, 0) is 0 Å². The number of benzene rings is 2. The van der Waals surface area contributed by atoms with Crippen LogP contribution in [0.4, 0.5) is 5.69 Å². The summed E-state index contributed by atoms with van der Waals surface area (Å²) in [5.74, 6) is -0.0497. The first kappa shape index (κ1) is 13.8. The summed E-state index contributed by atoms with van der Waals surface area (Å²) in [6.07, 6.45) is 0. The van der Waals surface area contributed by atoms with E-state index in [9.17, 15) is 4.79 Å². The lowest BCUT2D eigenvalue weighted by Crippen LogP contribution is -2.31. The van der Waals surface area contributed by atoms with Crippen molar-refractivity contribution in [2.45, 2.75) is 13.8 Å². The van der Waals surface area contributed by atoms with E-state index in [-0.39, 0.29) is 5.91 Å². The number of para-hydroxylation sites is 1. The monoisotopic (exact) mass is 264 g/mol. The highest BCUT2D eigenvalue weighted by Crippen LogP contribution is 2.21. The molecule has 0 saturated carbocycles. The lowest BCUT2D eigenvalue weighted by Gasteiger charge is -2.23. The fourth-order valence-electron chi connectivity index (χ4n) is 2.13. The van der Waals surface area contributed by atoms with Crippen molar-refractivity contribution in [2.24, 2.45) is 0 Å². The number of nitrogens with zero attached hydrogens (tertiary/aromatic N) is 2. The highest BCUT2D eigenvalue weighted by atomic mass is 16.2. The van der Waals surface area contributed by atoms with E-state index in [0.717, 1.165) is 11.3 Å². The van der Waals surface area contributed by atoms with Gasteiger partial charge in [-0.2, -0.15) is 5.26 Å². The van der Waals surface area contributed by atoms with Gasteiger partial charge in [0.2, 0.25) is 0 Å². The van der Waals surface area contributed by atoms with E-state index in [2.05, 4.69) is 6.07 Å². The summed E-state index contributed by atoms with van der Waals surface area (Å²) in [5.41, 5.74) is 3.13. The molecule has 100 valence electrons. The number of hydrogen-bond donors (Lipinski definition) is 0. The largest absolute Gasteiger partial charge is 0.308 e. The molecule has 0 bridgehead atoms. The molecule has 0 radical (unpaired) electrons. The number of hydrogen-bond acceptors (Lipinski definition) is 2. The van der Waals surface area contributed by atoms with Gasteiger partial charge in [-0.3, -0.25) is 4.79 Å². The van der Waals surface area contributed by atoms with Gasteiger partial charge in [-0.05, 0) is 49.7 Å². The van der Waals surface area contributed by atoms with Crippen molar-refractivity contribution in [3.63, 3.8) is 0 Å². The fourth-order valence-corrected chi connectivity index (χ4v) is 2.13. The maximum atomic E-state index is 12.6. The molecule has 20 heavy (non-hydrogen) atoms. The van der Waals surface area contributed by atoms with Crippen LogP contribution in [0, 0.1) is 18.3 Å². The van der Waals surface area contributed by atoms with Gasteiger partial charge < -0.3 is 4.90 Å². The molecule has 0 heterocycles. The van der Waals surface area contributed by atoms with E-state index < -0.39 is 0 Å². The molecule has 0 aliphatic carbocycles. The molecule has 2 aromatic carbocycles. The van der Waals surface area contributed by atoms with Crippen LogP contribution in [0.1, 0.15) is 28.4 Å². The molecule has 0 unspecified atom stereocenters. The van der Waals surface area contributed by atoms with Crippen molar-refractivity contribution in [3.05, 3.63) is 65.2 Å². The third-order valence-corrected chi connectivity index (χ3v) is 3.23. The van der Waals surface area contributed by atoms with Crippen LogP contribution >= 0.6 is 0 Å². The smallest absolute Gasteiger partial charge is 0.258 e. The quantitative estimate of drug-likeness (QED) is 0.851. The first-order valence-corrected chi connectivity index (χ1v) is 6.55. The predicted octanol–water partition coefficient (Wildman–Crippen LogP) is 3.53. The molecule has 0 spiro atoms. The number of anilines is 1. The highest BCUT2D eigenvalue weighted by molar-refractivity contribution is 6.06. The van der Waals surface area contributed by atoms with E-state index >= 15 is 0 Å². The Bertz CT molecular complexity index is 653. The Labute approximate surface area is 119 Å². The molecule has 2 rings (SSSR count). The lowest BCUT2D eigenvalue weighted by molar-refractivity contribution is 0.0988. The second-order valence-corrected chi connectivity index (χ2v) is 4.53. The van der Waals surface area contributed by atoms with E-state index in [1.807, 2.05) is 38.1 Å². The summed E-state index contributed by atoms with van der Waals surface area (Å²) in [6, 6.07) is 16.6. The van der Waals surface area contributed by atoms with Crippen LogP contribution in [0.2, 0.25) is 0 Å². The molecule has 3 nitrogen and oxygen atoms in total. The molecule has 0 N–H and O–H groups in total. The number of amides is 1. The topological polar surface area (TPSA) is 44.1 Å². The SMILES string of the molecule is CCN(C(=O)c1ccc(C#N)cc1)c1ccccc1C. The Morgan fingerprint density at radius 2 is 1.80 bits per heavy atom. The molecule has 0 aliphatic heterocycles. The average molecular weight is 264 g/mol. The number of carbonyl (C=O) groups is 1. The molecule has 0 saturated heterocycles. The van der Waals surface area contributed by atoms with E-state index in [4.69, 9.17) is 5.26 Å². The molecule has 2 aromatic rings. The summed E-state index contributed by atoms with van der Waals surface area (Å²) in [5, 5.41) is 8.79. The van der Waals surface area contributed by atoms with Crippen molar-refractivity contribution in [2.75, 3.05) is 11.4 Å². The van der Waals surface area contributed by atoms with Crippen LogP contribution in [0.5, 0.6) is 0 Å². The van der Waals surface area contributed by atoms with Crippen LogP contribution in [0.25, 0.3) is 0 Å². The van der Waals surface area contributed by atoms with E-state index in [1.54, 1.807) is 29.2 Å². The van der Waals surface area contributed by atoms with Gasteiger partial charge in [-0.1, -0.05) is 18.2 Å².